The summed E-state index contributed by atoms with van der Waals surface area (Å²) in [6.45, 7) is 0.668. The highest BCUT2D eigenvalue weighted by molar-refractivity contribution is 5.85. The summed E-state index contributed by atoms with van der Waals surface area (Å²) >= 11 is 0. The number of halogens is 2. The maximum atomic E-state index is 13.5. The van der Waals surface area contributed by atoms with Crippen LogP contribution in [0.4, 0.5) is 10.1 Å². The van der Waals surface area contributed by atoms with Crippen molar-refractivity contribution in [1.82, 2.24) is 0 Å². The SMILES string of the molecule is Cl.Nc1cc[n+](CCCc2ccccc2)c(F)c1. The molecule has 0 atom stereocenters. The number of nitrogen functional groups attached to an aromatic ring is 1. The zero-order chi connectivity index (χ0) is 12.1. The molecule has 2 nitrogen and oxygen atoms in total. The zero-order valence-corrected chi connectivity index (χ0v) is 10.9. The van der Waals surface area contributed by atoms with E-state index in [0.29, 0.717) is 12.2 Å². The lowest BCUT2D eigenvalue weighted by atomic mass is 10.1. The van der Waals surface area contributed by atoms with Gasteiger partial charge in [-0.25, -0.2) is 0 Å². The van der Waals surface area contributed by atoms with Crippen LogP contribution < -0.4 is 10.3 Å². The second-order valence-electron chi connectivity index (χ2n) is 4.07. The normalized spacial score (nSPS) is 9.83. The molecule has 0 aliphatic carbocycles. The number of aryl methyl sites for hydroxylation is 2. The number of rotatable bonds is 4. The molecule has 0 radical (unpaired) electrons. The fraction of sp³-hybridized carbons (Fsp3) is 0.214. The number of hydrogen-bond acceptors (Lipinski definition) is 1. The maximum absolute atomic E-state index is 13.5. The third kappa shape index (κ3) is 4.00. The molecule has 4 heteroatoms. The van der Waals surface area contributed by atoms with Crippen molar-refractivity contribution in [2.24, 2.45) is 0 Å². The summed E-state index contributed by atoms with van der Waals surface area (Å²) < 4.78 is 15.0. The van der Waals surface area contributed by atoms with Gasteiger partial charge in [0.05, 0.1) is 6.07 Å². The van der Waals surface area contributed by atoms with Crippen LogP contribution in [0.1, 0.15) is 12.0 Å². The van der Waals surface area contributed by atoms with E-state index in [-0.39, 0.29) is 18.4 Å². The first kappa shape index (κ1) is 14.5. The second kappa shape index (κ2) is 6.97. The topological polar surface area (TPSA) is 29.9 Å². The van der Waals surface area contributed by atoms with Crippen molar-refractivity contribution in [3.05, 3.63) is 60.2 Å². The van der Waals surface area contributed by atoms with E-state index in [0.717, 1.165) is 12.8 Å². The number of benzene rings is 1. The van der Waals surface area contributed by atoms with Crippen molar-refractivity contribution in [1.29, 1.82) is 0 Å². The minimum Gasteiger partial charge on any atom is -0.398 e. The first-order valence-corrected chi connectivity index (χ1v) is 5.74. The van der Waals surface area contributed by atoms with Crippen LogP contribution in [0, 0.1) is 5.95 Å². The molecular weight excluding hydrogens is 251 g/mol. The van der Waals surface area contributed by atoms with Gasteiger partial charge in [0.2, 0.25) is 0 Å². The molecule has 1 aromatic heterocycles. The van der Waals surface area contributed by atoms with E-state index in [4.69, 9.17) is 5.73 Å². The smallest absolute Gasteiger partial charge is 0.361 e. The van der Waals surface area contributed by atoms with Crippen molar-refractivity contribution in [2.45, 2.75) is 19.4 Å². The van der Waals surface area contributed by atoms with E-state index in [1.165, 1.54) is 11.6 Å². The van der Waals surface area contributed by atoms with Crippen molar-refractivity contribution in [3.63, 3.8) is 0 Å². The Balaban J connectivity index is 0.00000162. The molecule has 0 fully saturated rings. The number of anilines is 1. The molecule has 0 aliphatic rings. The highest BCUT2D eigenvalue weighted by Crippen LogP contribution is 2.03. The molecule has 0 aliphatic heterocycles. The highest BCUT2D eigenvalue weighted by Gasteiger charge is 2.09. The Morgan fingerprint density at radius 1 is 1.11 bits per heavy atom. The number of nitrogens with zero attached hydrogens (tertiary/aromatic N) is 1. The quantitative estimate of drug-likeness (QED) is 0.670. The number of hydrogen-bond donors (Lipinski definition) is 1. The van der Waals surface area contributed by atoms with E-state index in [1.54, 1.807) is 16.8 Å². The first-order valence-electron chi connectivity index (χ1n) is 5.74. The largest absolute Gasteiger partial charge is 0.398 e. The predicted octanol–water partition coefficient (Wildman–Crippen LogP) is 2.75. The lowest BCUT2D eigenvalue weighted by Gasteiger charge is -2.00. The Hall–Kier alpha value is -1.61. The Morgan fingerprint density at radius 2 is 1.83 bits per heavy atom. The van der Waals surface area contributed by atoms with Crippen LogP contribution in [0.15, 0.2) is 48.7 Å². The van der Waals surface area contributed by atoms with E-state index in [9.17, 15) is 4.39 Å². The molecule has 2 rings (SSSR count). The molecule has 0 unspecified atom stereocenters. The maximum Gasteiger partial charge on any atom is 0.361 e. The van der Waals surface area contributed by atoms with Gasteiger partial charge in [-0.15, -0.1) is 16.8 Å². The van der Waals surface area contributed by atoms with Gasteiger partial charge >= 0.3 is 5.95 Å². The monoisotopic (exact) mass is 267 g/mol. The zero-order valence-electron chi connectivity index (χ0n) is 10.1. The molecule has 96 valence electrons. The van der Waals surface area contributed by atoms with Crippen LogP contribution in [-0.2, 0) is 13.0 Å². The number of aromatic nitrogens is 1. The average Bonchev–Trinajstić information content (AvgIpc) is 2.33. The van der Waals surface area contributed by atoms with Crippen LogP contribution in [0.2, 0.25) is 0 Å². The van der Waals surface area contributed by atoms with Gasteiger partial charge in [-0.3, -0.25) is 0 Å². The second-order valence-corrected chi connectivity index (χ2v) is 4.07. The minimum atomic E-state index is -0.280. The summed E-state index contributed by atoms with van der Waals surface area (Å²) in [5.74, 6) is -0.280. The molecule has 0 amide bonds. The fourth-order valence-corrected chi connectivity index (χ4v) is 1.80. The molecule has 18 heavy (non-hydrogen) atoms. The molecule has 0 spiro atoms. The third-order valence-electron chi connectivity index (χ3n) is 2.71. The van der Waals surface area contributed by atoms with E-state index in [1.807, 2.05) is 18.2 Å². The van der Waals surface area contributed by atoms with Crippen LogP contribution in [0.5, 0.6) is 0 Å². The Kier molecular flexibility index (Phi) is 5.59. The van der Waals surface area contributed by atoms with E-state index < -0.39 is 0 Å². The Morgan fingerprint density at radius 3 is 2.50 bits per heavy atom. The van der Waals surface area contributed by atoms with Gasteiger partial charge < -0.3 is 5.73 Å². The average molecular weight is 268 g/mol. The molecule has 0 saturated heterocycles. The Bertz CT molecular complexity index is 488. The summed E-state index contributed by atoms with van der Waals surface area (Å²) in [5.41, 5.74) is 7.24. The van der Waals surface area contributed by atoms with E-state index >= 15 is 0 Å². The summed E-state index contributed by atoms with van der Waals surface area (Å²) in [5, 5.41) is 0. The lowest BCUT2D eigenvalue weighted by molar-refractivity contribution is -0.724. The fourth-order valence-electron chi connectivity index (χ4n) is 1.80. The molecule has 1 heterocycles. The molecule has 1 aromatic carbocycles. The van der Waals surface area contributed by atoms with Gasteiger partial charge in [-0.2, -0.15) is 4.57 Å². The molecule has 2 N–H and O–H groups in total. The molecular formula is C14H17ClFN2+. The molecule has 0 saturated carbocycles. The summed E-state index contributed by atoms with van der Waals surface area (Å²) in [6.07, 6.45) is 3.56. The number of pyridine rings is 1. The van der Waals surface area contributed by atoms with Gasteiger partial charge in [0.15, 0.2) is 12.7 Å². The standard InChI is InChI=1S/C14H15FN2.ClH/c15-14-11-13(16)8-10-17(14)9-4-7-12-5-2-1-3-6-12;/h1-3,5-6,8,10-11,16H,4,7,9H2;1H/p+1. The van der Waals surface area contributed by atoms with Crippen molar-refractivity contribution >= 4 is 18.1 Å². The summed E-state index contributed by atoms with van der Waals surface area (Å²) in [7, 11) is 0. The van der Waals surface area contributed by atoms with Crippen molar-refractivity contribution in [2.75, 3.05) is 5.73 Å². The van der Waals surface area contributed by atoms with Gasteiger partial charge in [0.1, 0.15) is 0 Å². The van der Waals surface area contributed by atoms with Crippen molar-refractivity contribution < 1.29 is 8.96 Å². The van der Waals surface area contributed by atoms with Gasteiger partial charge in [0, 0.05) is 18.2 Å². The van der Waals surface area contributed by atoms with Gasteiger partial charge in [-0.1, -0.05) is 30.3 Å². The van der Waals surface area contributed by atoms with Crippen LogP contribution >= 0.6 is 12.4 Å². The van der Waals surface area contributed by atoms with Crippen molar-refractivity contribution in [3.8, 4) is 0 Å². The van der Waals surface area contributed by atoms with Gasteiger partial charge in [0.25, 0.3) is 0 Å². The first-order chi connectivity index (χ1) is 8.25. The minimum absolute atomic E-state index is 0. The van der Waals surface area contributed by atoms with Crippen LogP contribution in [-0.4, -0.2) is 0 Å². The Labute approximate surface area is 113 Å². The van der Waals surface area contributed by atoms with Crippen LogP contribution in [0.25, 0.3) is 0 Å². The number of nitrogens with two attached hydrogens (primary N) is 1. The predicted molar refractivity (Wildman–Crippen MR) is 73.0 cm³/mol. The molecule has 2 aromatic rings. The summed E-state index contributed by atoms with van der Waals surface area (Å²) in [4.78, 5) is 0. The highest BCUT2D eigenvalue weighted by atomic mass is 35.5. The van der Waals surface area contributed by atoms with E-state index in [2.05, 4.69) is 12.1 Å². The van der Waals surface area contributed by atoms with Crippen LogP contribution in [0.3, 0.4) is 0 Å². The third-order valence-corrected chi connectivity index (χ3v) is 2.71. The molecule has 0 bridgehead atoms. The van der Waals surface area contributed by atoms with Gasteiger partial charge in [-0.05, 0) is 12.0 Å². The lowest BCUT2D eigenvalue weighted by Crippen LogP contribution is -2.37. The summed E-state index contributed by atoms with van der Waals surface area (Å²) in [6, 6.07) is 13.3.